The number of rotatable bonds is 10. The highest BCUT2D eigenvalue weighted by atomic mass is 32.2. The molecule has 0 fully saturated rings. The molecule has 5 heteroatoms. The number of carbonyl (C=O) groups excluding carboxylic acids is 1. The molecule has 0 saturated heterocycles. The van der Waals surface area contributed by atoms with Crippen LogP contribution >= 0.6 is 11.8 Å². The van der Waals surface area contributed by atoms with E-state index in [1.807, 2.05) is 6.92 Å². The molecular weight excluding hydrogens is 258 g/mol. The molecule has 0 bridgehead atoms. The Bertz CT molecular complexity index is 235. The van der Waals surface area contributed by atoms with E-state index in [1.54, 1.807) is 6.92 Å². The minimum Gasteiger partial charge on any atom is -0.465 e. The first kappa shape index (κ1) is 17.7. The van der Waals surface area contributed by atoms with Crippen molar-refractivity contribution in [3.8, 4) is 0 Å². The van der Waals surface area contributed by atoms with Crippen molar-refractivity contribution in [3.63, 3.8) is 0 Å². The second-order valence-electron chi connectivity index (χ2n) is 4.35. The van der Waals surface area contributed by atoms with Gasteiger partial charge in [0.25, 0.3) is 0 Å². The first-order valence-electron chi connectivity index (χ1n) is 6.59. The summed E-state index contributed by atoms with van der Waals surface area (Å²) in [5.41, 5.74) is 0. The zero-order valence-electron chi connectivity index (χ0n) is 11.5. The van der Waals surface area contributed by atoms with Gasteiger partial charge in [0.2, 0.25) is 5.92 Å². The van der Waals surface area contributed by atoms with Gasteiger partial charge in [-0.15, -0.1) is 11.8 Å². The third-order valence-corrected chi connectivity index (χ3v) is 3.86. The van der Waals surface area contributed by atoms with Gasteiger partial charge in [-0.3, -0.25) is 4.79 Å². The lowest BCUT2D eigenvalue weighted by Crippen LogP contribution is -2.19. The second kappa shape index (κ2) is 9.59. The van der Waals surface area contributed by atoms with E-state index < -0.39 is 5.92 Å². The number of unbranched alkanes of at least 4 members (excludes halogenated alkanes) is 1. The van der Waals surface area contributed by atoms with Crippen LogP contribution in [0.2, 0.25) is 0 Å². The zero-order valence-corrected chi connectivity index (χ0v) is 12.3. The number of halogens is 2. The van der Waals surface area contributed by atoms with Gasteiger partial charge in [-0.1, -0.05) is 20.3 Å². The summed E-state index contributed by atoms with van der Waals surface area (Å²) in [5, 5.41) is -0.267. The number of carbonyl (C=O) groups is 1. The Morgan fingerprint density at radius 1 is 1.33 bits per heavy atom. The average molecular weight is 282 g/mol. The molecule has 0 N–H and O–H groups in total. The maximum absolute atomic E-state index is 12.9. The Kier molecular flexibility index (Phi) is 9.42. The van der Waals surface area contributed by atoms with Gasteiger partial charge < -0.3 is 4.74 Å². The summed E-state index contributed by atoms with van der Waals surface area (Å²) in [6, 6.07) is 0. The molecule has 1 atom stereocenters. The summed E-state index contributed by atoms with van der Waals surface area (Å²) < 4.78 is 30.9. The smallest absolute Gasteiger partial charge is 0.318 e. The molecule has 0 aromatic rings. The highest BCUT2D eigenvalue weighted by Gasteiger charge is 2.25. The Balaban J connectivity index is 3.63. The third-order valence-electron chi connectivity index (χ3n) is 2.65. The monoisotopic (exact) mass is 282 g/mol. The number of ether oxygens (including phenoxy) is 1. The first-order valence-corrected chi connectivity index (χ1v) is 7.64. The quantitative estimate of drug-likeness (QED) is 0.442. The van der Waals surface area contributed by atoms with Gasteiger partial charge >= 0.3 is 5.97 Å². The molecule has 18 heavy (non-hydrogen) atoms. The molecular formula is C13H24F2O2S. The third kappa shape index (κ3) is 8.72. The van der Waals surface area contributed by atoms with Crippen LogP contribution in [0.5, 0.6) is 0 Å². The Morgan fingerprint density at radius 3 is 2.56 bits per heavy atom. The molecule has 0 heterocycles. The van der Waals surface area contributed by atoms with Gasteiger partial charge in [0.05, 0.1) is 11.9 Å². The SMILES string of the molecule is CCCCOC(=O)C(C)SCCCC(F)(F)CC. The normalized spacial score (nSPS) is 13.4. The average Bonchev–Trinajstić information content (AvgIpc) is 2.34. The minimum absolute atomic E-state index is 0.103. The van der Waals surface area contributed by atoms with Crippen molar-refractivity contribution in [1.82, 2.24) is 0 Å². The van der Waals surface area contributed by atoms with Crippen molar-refractivity contribution >= 4 is 17.7 Å². The van der Waals surface area contributed by atoms with Gasteiger partial charge in [0.15, 0.2) is 0 Å². The second-order valence-corrected chi connectivity index (χ2v) is 5.80. The predicted molar refractivity (Wildman–Crippen MR) is 72.3 cm³/mol. The fourth-order valence-electron chi connectivity index (χ4n) is 1.27. The van der Waals surface area contributed by atoms with Crippen molar-refractivity contribution in [2.75, 3.05) is 12.4 Å². The Morgan fingerprint density at radius 2 is 2.00 bits per heavy atom. The highest BCUT2D eigenvalue weighted by molar-refractivity contribution is 8.00. The van der Waals surface area contributed by atoms with Crippen LogP contribution < -0.4 is 0 Å². The molecule has 0 aromatic heterocycles. The van der Waals surface area contributed by atoms with Crippen molar-refractivity contribution < 1.29 is 18.3 Å². The summed E-state index contributed by atoms with van der Waals surface area (Å²) in [4.78, 5) is 11.5. The Labute approximate surface area is 113 Å². The van der Waals surface area contributed by atoms with E-state index in [2.05, 4.69) is 0 Å². The van der Waals surface area contributed by atoms with E-state index in [9.17, 15) is 13.6 Å². The van der Waals surface area contributed by atoms with Gasteiger partial charge in [-0.05, 0) is 25.5 Å². The van der Waals surface area contributed by atoms with Crippen LogP contribution in [0.4, 0.5) is 8.78 Å². The number of hydrogen-bond donors (Lipinski definition) is 0. The lowest BCUT2D eigenvalue weighted by atomic mass is 10.1. The van der Waals surface area contributed by atoms with Crippen LogP contribution in [-0.4, -0.2) is 29.5 Å². The molecule has 0 aliphatic heterocycles. The molecule has 2 nitrogen and oxygen atoms in total. The topological polar surface area (TPSA) is 26.3 Å². The molecule has 1 unspecified atom stereocenters. The van der Waals surface area contributed by atoms with Gasteiger partial charge in [-0.2, -0.15) is 0 Å². The zero-order chi connectivity index (χ0) is 14.0. The molecule has 0 rings (SSSR count). The molecule has 0 saturated carbocycles. The summed E-state index contributed by atoms with van der Waals surface area (Å²) in [6.07, 6.45) is 2.06. The molecule has 0 aliphatic carbocycles. The molecule has 108 valence electrons. The molecule has 0 spiro atoms. The summed E-state index contributed by atoms with van der Waals surface area (Å²) in [5.74, 6) is -2.24. The molecule has 0 aliphatic rings. The van der Waals surface area contributed by atoms with Crippen molar-refractivity contribution in [2.45, 2.75) is 64.0 Å². The lowest BCUT2D eigenvalue weighted by Gasteiger charge is -2.14. The molecule has 0 amide bonds. The van der Waals surface area contributed by atoms with E-state index in [-0.39, 0.29) is 24.1 Å². The molecule has 0 radical (unpaired) electrons. The number of esters is 1. The number of alkyl halides is 2. The number of hydrogen-bond acceptors (Lipinski definition) is 3. The van der Waals surface area contributed by atoms with Gasteiger partial charge in [-0.25, -0.2) is 8.78 Å². The maximum atomic E-state index is 12.9. The maximum Gasteiger partial charge on any atom is 0.318 e. The molecule has 0 aromatic carbocycles. The Hall–Kier alpha value is -0.320. The van der Waals surface area contributed by atoms with E-state index in [0.717, 1.165) is 12.8 Å². The van der Waals surface area contributed by atoms with Crippen LogP contribution in [0, 0.1) is 0 Å². The van der Waals surface area contributed by atoms with Crippen LogP contribution in [0.25, 0.3) is 0 Å². The predicted octanol–water partition coefficient (Wildman–Crippen LogP) is 4.28. The summed E-state index contributed by atoms with van der Waals surface area (Å²) in [6.45, 7) is 5.73. The summed E-state index contributed by atoms with van der Waals surface area (Å²) in [7, 11) is 0. The standard InChI is InChI=1S/C13H24F2O2S/c1-4-6-9-17-12(16)11(3)18-10-7-8-13(14,15)5-2/h11H,4-10H2,1-3H3. The van der Waals surface area contributed by atoms with Crippen molar-refractivity contribution in [1.29, 1.82) is 0 Å². The van der Waals surface area contributed by atoms with Crippen molar-refractivity contribution in [3.05, 3.63) is 0 Å². The fourth-order valence-corrected chi connectivity index (χ4v) is 2.14. The lowest BCUT2D eigenvalue weighted by molar-refractivity contribution is -0.142. The number of thioether (sulfide) groups is 1. The van der Waals surface area contributed by atoms with E-state index >= 15 is 0 Å². The van der Waals surface area contributed by atoms with Crippen molar-refractivity contribution in [2.24, 2.45) is 0 Å². The first-order chi connectivity index (χ1) is 8.43. The van der Waals surface area contributed by atoms with Crippen LogP contribution in [0.15, 0.2) is 0 Å². The van der Waals surface area contributed by atoms with E-state index in [1.165, 1.54) is 18.7 Å². The van der Waals surface area contributed by atoms with Crippen LogP contribution in [0.3, 0.4) is 0 Å². The van der Waals surface area contributed by atoms with E-state index in [0.29, 0.717) is 18.8 Å². The van der Waals surface area contributed by atoms with Crippen LogP contribution in [0.1, 0.15) is 52.9 Å². The highest BCUT2D eigenvalue weighted by Crippen LogP contribution is 2.25. The van der Waals surface area contributed by atoms with E-state index in [4.69, 9.17) is 4.74 Å². The van der Waals surface area contributed by atoms with Gasteiger partial charge in [0, 0.05) is 12.8 Å². The largest absolute Gasteiger partial charge is 0.465 e. The van der Waals surface area contributed by atoms with Crippen LogP contribution in [-0.2, 0) is 9.53 Å². The fraction of sp³-hybridized carbons (Fsp3) is 0.923. The summed E-state index contributed by atoms with van der Waals surface area (Å²) >= 11 is 1.39. The van der Waals surface area contributed by atoms with Gasteiger partial charge in [0.1, 0.15) is 0 Å². The minimum atomic E-state index is -2.56.